The van der Waals surface area contributed by atoms with Gasteiger partial charge in [-0.05, 0) is 26.0 Å². The maximum atomic E-state index is 12.0. The lowest BCUT2D eigenvalue weighted by Gasteiger charge is -2.31. The van der Waals surface area contributed by atoms with E-state index in [4.69, 9.17) is 0 Å². The van der Waals surface area contributed by atoms with E-state index in [2.05, 4.69) is 4.72 Å². The van der Waals surface area contributed by atoms with Crippen LogP contribution in [0, 0.1) is 0 Å². The molecule has 0 saturated carbocycles. The number of hydrogen-bond acceptors (Lipinski definition) is 4. The lowest BCUT2D eigenvalue weighted by atomic mass is 10.1. The lowest BCUT2D eigenvalue weighted by Crippen LogP contribution is -2.48. The highest BCUT2D eigenvalue weighted by Gasteiger charge is 2.38. The Bertz CT molecular complexity index is 580. The van der Waals surface area contributed by atoms with Crippen molar-refractivity contribution in [2.45, 2.75) is 19.9 Å². The molecule has 7 heteroatoms. The highest BCUT2D eigenvalue weighted by molar-refractivity contribution is 7.91. The van der Waals surface area contributed by atoms with Gasteiger partial charge in [0.1, 0.15) is 11.4 Å². The molecule has 6 nitrogen and oxygen atoms in total. The first-order chi connectivity index (χ1) is 7.84. The largest absolute Gasteiger partial charge is 0.506 e. The van der Waals surface area contributed by atoms with Crippen LogP contribution in [-0.4, -0.2) is 29.8 Å². The standard InChI is InChI=1S/C10H12N2O4S/c1-6(2)12-10(14)7-4-3-5-8(13)9(7)11-17(12,15)16/h3-6,11,13H,1-2H3. The zero-order valence-corrected chi connectivity index (χ0v) is 10.2. The smallest absolute Gasteiger partial charge is 0.326 e. The molecule has 0 bridgehead atoms. The Morgan fingerprint density at radius 3 is 2.59 bits per heavy atom. The van der Waals surface area contributed by atoms with Gasteiger partial charge in [-0.3, -0.25) is 9.52 Å². The number of carbonyl (C=O) groups is 1. The Morgan fingerprint density at radius 2 is 2.00 bits per heavy atom. The second-order valence-electron chi connectivity index (χ2n) is 4.00. The topological polar surface area (TPSA) is 86.7 Å². The van der Waals surface area contributed by atoms with Crippen LogP contribution in [-0.2, 0) is 10.2 Å². The van der Waals surface area contributed by atoms with Crippen molar-refractivity contribution in [1.29, 1.82) is 0 Å². The highest BCUT2D eigenvalue weighted by atomic mass is 32.2. The van der Waals surface area contributed by atoms with Gasteiger partial charge in [-0.2, -0.15) is 8.42 Å². The fourth-order valence-electron chi connectivity index (χ4n) is 1.74. The Labute approximate surface area is 99.0 Å². The number of phenolic OH excluding ortho intramolecular Hbond substituents is 1. The minimum Gasteiger partial charge on any atom is -0.506 e. The maximum Gasteiger partial charge on any atom is 0.326 e. The average Bonchev–Trinajstić information content (AvgIpc) is 2.18. The third-order valence-corrected chi connectivity index (χ3v) is 4.00. The number of fused-ring (bicyclic) bond motifs is 1. The molecular formula is C10H12N2O4S. The number of anilines is 1. The normalized spacial score (nSPS) is 17.8. The van der Waals surface area contributed by atoms with Gasteiger partial charge in [0.2, 0.25) is 0 Å². The molecule has 1 aliphatic heterocycles. The zero-order valence-electron chi connectivity index (χ0n) is 9.34. The molecule has 1 aliphatic rings. The molecule has 1 aromatic carbocycles. The predicted octanol–water partition coefficient (Wildman–Crippen LogP) is 0.913. The first kappa shape index (κ1) is 11.7. The first-order valence-electron chi connectivity index (χ1n) is 5.03. The number of phenols is 1. The summed E-state index contributed by atoms with van der Waals surface area (Å²) in [7, 11) is -3.93. The van der Waals surface area contributed by atoms with Crippen molar-refractivity contribution in [1.82, 2.24) is 4.31 Å². The molecule has 0 aromatic heterocycles. The molecule has 0 spiro atoms. The number of amides is 1. The summed E-state index contributed by atoms with van der Waals surface area (Å²) in [5.74, 6) is -0.896. The van der Waals surface area contributed by atoms with E-state index in [9.17, 15) is 18.3 Å². The molecule has 1 amide bonds. The van der Waals surface area contributed by atoms with Gasteiger partial charge >= 0.3 is 10.2 Å². The summed E-state index contributed by atoms with van der Waals surface area (Å²) in [6, 6.07) is 3.79. The van der Waals surface area contributed by atoms with E-state index in [0.29, 0.717) is 0 Å². The van der Waals surface area contributed by atoms with Crippen LogP contribution >= 0.6 is 0 Å². The Hall–Kier alpha value is -1.76. The van der Waals surface area contributed by atoms with Crippen molar-refractivity contribution in [3.63, 3.8) is 0 Å². The summed E-state index contributed by atoms with van der Waals surface area (Å²) in [5.41, 5.74) is 0.0860. The van der Waals surface area contributed by atoms with Crippen molar-refractivity contribution < 1.29 is 18.3 Å². The second kappa shape index (κ2) is 3.63. The maximum absolute atomic E-state index is 12.0. The molecule has 1 aromatic rings. The number of carbonyl (C=O) groups excluding carboxylic acids is 1. The van der Waals surface area contributed by atoms with Crippen molar-refractivity contribution in [2.24, 2.45) is 0 Å². The molecule has 17 heavy (non-hydrogen) atoms. The third-order valence-electron chi connectivity index (χ3n) is 2.43. The van der Waals surface area contributed by atoms with E-state index >= 15 is 0 Å². The van der Waals surface area contributed by atoms with Crippen molar-refractivity contribution in [3.8, 4) is 5.75 Å². The van der Waals surface area contributed by atoms with Gasteiger partial charge in [-0.1, -0.05) is 6.07 Å². The van der Waals surface area contributed by atoms with Gasteiger partial charge in [-0.15, -0.1) is 0 Å². The van der Waals surface area contributed by atoms with Crippen LogP contribution in [0.5, 0.6) is 5.75 Å². The van der Waals surface area contributed by atoms with Crippen LogP contribution < -0.4 is 4.72 Å². The number of nitrogens with zero attached hydrogens (tertiary/aromatic N) is 1. The van der Waals surface area contributed by atoms with E-state index in [1.54, 1.807) is 13.8 Å². The molecule has 0 aliphatic carbocycles. The molecule has 0 unspecified atom stereocenters. The third kappa shape index (κ3) is 1.72. The fraction of sp³-hybridized carbons (Fsp3) is 0.300. The first-order valence-corrected chi connectivity index (χ1v) is 6.47. The number of benzene rings is 1. The fourth-order valence-corrected chi connectivity index (χ4v) is 3.19. The summed E-state index contributed by atoms with van der Waals surface area (Å²) in [6.45, 7) is 3.20. The molecule has 0 atom stereocenters. The number of aromatic hydroxyl groups is 1. The Kier molecular flexibility index (Phi) is 2.50. The SMILES string of the molecule is CC(C)N1C(=O)c2cccc(O)c2NS1(=O)=O. The van der Waals surface area contributed by atoms with E-state index < -0.39 is 22.2 Å². The molecule has 1 heterocycles. The van der Waals surface area contributed by atoms with E-state index in [1.165, 1.54) is 18.2 Å². The molecule has 0 fully saturated rings. The van der Waals surface area contributed by atoms with Gasteiger partial charge in [0.05, 0.1) is 5.56 Å². The van der Waals surface area contributed by atoms with Crippen LogP contribution in [0.1, 0.15) is 24.2 Å². The van der Waals surface area contributed by atoms with Gasteiger partial charge in [0.25, 0.3) is 5.91 Å². The number of para-hydroxylation sites is 1. The van der Waals surface area contributed by atoms with Crippen molar-refractivity contribution >= 4 is 21.8 Å². The summed E-state index contributed by atoms with van der Waals surface area (Å²) < 4.78 is 26.6. The lowest BCUT2D eigenvalue weighted by molar-refractivity contribution is 0.0833. The molecule has 92 valence electrons. The average molecular weight is 256 g/mol. The van der Waals surface area contributed by atoms with Gasteiger partial charge < -0.3 is 5.11 Å². The minimum atomic E-state index is -3.93. The predicted molar refractivity (Wildman–Crippen MR) is 62.0 cm³/mol. The van der Waals surface area contributed by atoms with Crippen molar-refractivity contribution in [3.05, 3.63) is 23.8 Å². The van der Waals surface area contributed by atoms with Crippen LogP contribution in [0.3, 0.4) is 0 Å². The second-order valence-corrected chi connectivity index (χ2v) is 5.55. The molecule has 0 radical (unpaired) electrons. The molecular weight excluding hydrogens is 244 g/mol. The van der Waals surface area contributed by atoms with E-state index in [1.807, 2.05) is 0 Å². The summed E-state index contributed by atoms with van der Waals surface area (Å²) in [4.78, 5) is 12.0. The van der Waals surface area contributed by atoms with Crippen LogP contribution in [0.2, 0.25) is 0 Å². The van der Waals surface area contributed by atoms with E-state index in [-0.39, 0.29) is 17.0 Å². The monoisotopic (exact) mass is 256 g/mol. The van der Waals surface area contributed by atoms with Gasteiger partial charge in [-0.25, -0.2) is 4.31 Å². The van der Waals surface area contributed by atoms with Crippen LogP contribution in [0.4, 0.5) is 5.69 Å². The number of rotatable bonds is 1. The highest BCUT2D eigenvalue weighted by Crippen LogP contribution is 2.34. The molecule has 0 saturated heterocycles. The van der Waals surface area contributed by atoms with Gasteiger partial charge in [0.15, 0.2) is 0 Å². The van der Waals surface area contributed by atoms with Crippen LogP contribution in [0.25, 0.3) is 0 Å². The van der Waals surface area contributed by atoms with Gasteiger partial charge in [0, 0.05) is 6.04 Å². The summed E-state index contributed by atoms with van der Waals surface area (Å²) in [5, 5.41) is 9.53. The van der Waals surface area contributed by atoms with Crippen LogP contribution in [0.15, 0.2) is 18.2 Å². The Balaban J connectivity index is 2.66. The number of nitrogens with one attached hydrogen (secondary N) is 1. The summed E-state index contributed by atoms with van der Waals surface area (Å²) in [6.07, 6.45) is 0. The minimum absolute atomic E-state index is 0.0607. The Morgan fingerprint density at radius 1 is 1.35 bits per heavy atom. The number of hydrogen-bond donors (Lipinski definition) is 2. The zero-order chi connectivity index (χ0) is 12.8. The van der Waals surface area contributed by atoms with Crippen molar-refractivity contribution in [2.75, 3.05) is 4.72 Å². The quantitative estimate of drug-likeness (QED) is 0.731. The molecule has 2 rings (SSSR count). The van der Waals surface area contributed by atoms with E-state index in [0.717, 1.165) is 4.31 Å². The molecule has 2 N–H and O–H groups in total. The summed E-state index contributed by atoms with van der Waals surface area (Å²) >= 11 is 0.